The average molecular weight is 427 g/mol. The molecule has 0 spiro atoms. The van der Waals surface area contributed by atoms with Gasteiger partial charge in [-0.05, 0) is 43.7 Å². The molecule has 3 rings (SSSR count). The fraction of sp³-hybridized carbons (Fsp3) is 0.227. The van der Waals surface area contributed by atoms with Crippen LogP contribution in [0.2, 0.25) is 5.02 Å². The number of thioether (sulfide) groups is 1. The normalized spacial score (nSPS) is 11.8. The quantitative estimate of drug-likeness (QED) is 0.396. The van der Waals surface area contributed by atoms with Gasteiger partial charge in [0.25, 0.3) is 5.91 Å². The summed E-state index contributed by atoms with van der Waals surface area (Å²) in [7, 11) is 0. The van der Waals surface area contributed by atoms with Crippen LogP contribution in [0, 0.1) is 6.92 Å². The molecule has 0 aliphatic carbocycles. The molecule has 0 saturated heterocycles. The van der Waals surface area contributed by atoms with Crippen LogP contribution < -0.4 is 5.32 Å². The number of carbonyl (C=O) groups is 1. The fourth-order valence-electron chi connectivity index (χ4n) is 2.81. The molecule has 0 unspecified atom stereocenters. The highest BCUT2D eigenvalue weighted by Gasteiger charge is 2.20. The van der Waals surface area contributed by atoms with Crippen molar-refractivity contribution in [2.75, 3.05) is 0 Å². The first kappa shape index (κ1) is 21.1. The molecule has 0 aliphatic rings. The molecule has 1 atom stereocenters. The highest BCUT2D eigenvalue weighted by Crippen LogP contribution is 2.24. The van der Waals surface area contributed by atoms with Gasteiger partial charge >= 0.3 is 0 Å². The molecule has 0 radical (unpaired) electrons. The van der Waals surface area contributed by atoms with Crippen molar-refractivity contribution in [3.8, 4) is 0 Å². The molecular formula is C22H23ClN4OS. The maximum atomic E-state index is 12.5. The van der Waals surface area contributed by atoms with Gasteiger partial charge in [-0.25, -0.2) is 0 Å². The molecule has 0 saturated carbocycles. The predicted octanol–water partition coefficient (Wildman–Crippen LogP) is 5.21. The molecule has 5 nitrogen and oxygen atoms in total. The Balaban J connectivity index is 1.72. The van der Waals surface area contributed by atoms with Gasteiger partial charge in [-0.3, -0.25) is 4.79 Å². The minimum absolute atomic E-state index is 0.184. The zero-order valence-corrected chi connectivity index (χ0v) is 18.0. The second-order valence-electron chi connectivity index (χ2n) is 6.72. The van der Waals surface area contributed by atoms with Gasteiger partial charge in [-0.1, -0.05) is 59.3 Å². The van der Waals surface area contributed by atoms with E-state index in [-0.39, 0.29) is 11.9 Å². The number of nitrogens with zero attached hydrogens (tertiary/aromatic N) is 3. The summed E-state index contributed by atoms with van der Waals surface area (Å²) in [6.45, 7) is 8.37. The van der Waals surface area contributed by atoms with Crippen molar-refractivity contribution < 1.29 is 4.79 Å². The zero-order chi connectivity index (χ0) is 20.8. The van der Waals surface area contributed by atoms with Crippen molar-refractivity contribution in [1.29, 1.82) is 0 Å². The number of aromatic nitrogens is 3. The number of aryl methyl sites for hydroxylation is 1. The van der Waals surface area contributed by atoms with Crippen molar-refractivity contribution in [1.82, 2.24) is 20.1 Å². The average Bonchev–Trinajstić information content (AvgIpc) is 3.11. The predicted molar refractivity (Wildman–Crippen MR) is 118 cm³/mol. The van der Waals surface area contributed by atoms with Crippen molar-refractivity contribution in [3.63, 3.8) is 0 Å². The third-order valence-corrected chi connectivity index (χ3v) is 5.68. The van der Waals surface area contributed by atoms with Crippen molar-refractivity contribution in [2.24, 2.45) is 0 Å². The van der Waals surface area contributed by atoms with E-state index in [0.29, 0.717) is 23.0 Å². The van der Waals surface area contributed by atoms with E-state index in [1.807, 2.05) is 11.5 Å². The SMILES string of the molecule is C=CCn1c(SCc2ccc(C)cc2)nnc1[C@H](C)NC(=O)c1ccc(Cl)cc1. The molecule has 1 heterocycles. The third kappa shape index (κ3) is 5.49. The lowest BCUT2D eigenvalue weighted by Gasteiger charge is -2.15. The van der Waals surface area contributed by atoms with Crippen LogP contribution in [0.1, 0.15) is 40.3 Å². The number of amides is 1. The Kier molecular flexibility index (Phi) is 7.12. The molecule has 0 bridgehead atoms. The first-order chi connectivity index (χ1) is 14.0. The van der Waals surface area contributed by atoms with E-state index in [2.05, 4.69) is 53.3 Å². The number of hydrogen-bond acceptors (Lipinski definition) is 4. The molecule has 7 heteroatoms. The van der Waals surface area contributed by atoms with Crippen LogP contribution in [0.3, 0.4) is 0 Å². The Morgan fingerprint density at radius 3 is 2.55 bits per heavy atom. The van der Waals surface area contributed by atoms with Crippen LogP contribution in [0.15, 0.2) is 66.3 Å². The topological polar surface area (TPSA) is 59.8 Å². The summed E-state index contributed by atoms with van der Waals surface area (Å²) >= 11 is 7.51. The third-order valence-electron chi connectivity index (χ3n) is 4.39. The van der Waals surface area contributed by atoms with Crippen LogP contribution in [0.5, 0.6) is 0 Å². The summed E-state index contributed by atoms with van der Waals surface area (Å²) in [4.78, 5) is 12.5. The summed E-state index contributed by atoms with van der Waals surface area (Å²) in [6, 6.07) is 14.9. The highest BCUT2D eigenvalue weighted by atomic mass is 35.5. The second kappa shape index (κ2) is 9.76. The molecule has 1 N–H and O–H groups in total. The number of allylic oxidation sites excluding steroid dienone is 1. The largest absolute Gasteiger partial charge is 0.342 e. The van der Waals surface area contributed by atoms with Crippen molar-refractivity contribution >= 4 is 29.3 Å². The van der Waals surface area contributed by atoms with Gasteiger partial charge in [-0.2, -0.15) is 0 Å². The van der Waals surface area contributed by atoms with Crippen LogP contribution in [-0.4, -0.2) is 20.7 Å². The van der Waals surface area contributed by atoms with Gasteiger partial charge in [0.05, 0.1) is 6.04 Å². The van der Waals surface area contributed by atoms with Gasteiger partial charge in [-0.15, -0.1) is 16.8 Å². The summed E-state index contributed by atoms with van der Waals surface area (Å²) in [5.41, 5.74) is 3.01. The number of carbonyl (C=O) groups excluding carboxylic acids is 1. The molecule has 0 aliphatic heterocycles. The molecule has 1 aromatic heterocycles. The summed E-state index contributed by atoms with van der Waals surface area (Å²) in [5.74, 6) is 1.30. The molecule has 150 valence electrons. The van der Waals surface area contributed by atoms with Crippen LogP contribution in [-0.2, 0) is 12.3 Å². The number of benzene rings is 2. The molecule has 3 aromatic rings. The minimum atomic E-state index is -0.306. The van der Waals surface area contributed by atoms with Crippen LogP contribution in [0.4, 0.5) is 0 Å². The number of rotatable bonds is 8. The van der Waals surface area contributed by atoms with E-state index >= 15 is 0 Å². The van der Waals surface area contributed by atoms with Crippen molar-refractivity contribution in [2.45, 2.75) is 37.3 Å². The lowest BCUT2D eigenvalue weighted by Crippen LogP contribution is -2.28. The first-order valence-corrected chi connectivity index (χ1v) is 10.6. The Hall–Kier alpha value is -2.57. The summed E-state index contributed by atoms with van der Waals surface area (Å²) in [6.07, 6.45) is 1.80. The van der Waals surface area contributed by atoms with Crippen LogP contribution in [0.25, 0.3) is 0 Å². The lowest BCUT2D eigenvalue weighted by molar-refractivity contribution is 0.0937. The highest BCUT2D eigenvalue weighted by molar-refractivity contribution is 7.98. The fourth-order valence-corrected chi connectivity index (χ4v) is 3.84. The maximum absolute atomic E-state index is 12.5. The van der Waals surface area contributed by atoms with Gasteiger partial charge in [0.2, 0.25) is 0 Å². The number of halogens is 1. The number of hydrogen-bond donors (Lipinski definition) is 1. The van der Waals surface area contributed by atoms with E-state index in [0.717, 1.165) is 10.9 Å². The molecular weight excluding hydrogens is 404 g/mol. The minimum Gasteiger partial charge on any atom is -0.342 e. The van der Waals surface area contributed by atoms with Gasteiger partial charge in [0.1, 0.15) is 0 Å². The summed E-state index contributed by atoms with van der Waals surface area (Å²) in [5, 5.41) is 13.0. The Labute approximate surface area is 180 Å². The van der Waals surface area contributed by atoms with E-state index in [4.69, 9.17) is 11.6 Å². The number of nitrogens with one attached hydrogen (secondary N) is 1. The molecule has 2 aromatic carbocycles. The van der Waals surface area contributed by atoms with E-state index in [9.17, 15) is 4.79 Å². The van der Waals surface area contributed by atoms with Gasteiger partial charge < -0.3 is 9.88 Å². The first-order valence-electron chi connectivity index (χ1n) is 9.26. The van der Waals surface area contributed by atoms with Gasteiger partial charge in [0, 0.05) is 22.9 Å². The van der Waals surface area contributed by atoms with Gasteiger partial charge in [0.15, 0.2) is 11.0 Å². The Morgan fingerprint density at radius 2 is 1.90 bits per heavy atom. The zero-order valence-electron chi connectivity index (χ0n) is 16.4. The summed E-state index contributed by atoms with van der Waals surface area (Å²) < 4.78 is 1.98. The molecule has 29 heavy (non-hydrogen) atoms. The molecule has 0 fully saturated rings. The van der Waals surface area contributed by atoms with E-state index < -0.39 is 0 Å². The maximum Gasteiger partial charge on any atom is 0.251 e. The van der Waals surface area contributed by atoms with Crippen molar-refractivity contribution in [3.05, 3.63) is 88.7 Å². The van der Waals surface area contributed by atoms with Crippen LogP contribution >= 0.6 is 23.4 Å². The van der Waals surface area contributed by atoms with E-state index in [1.54, 1.807) is 42.1 Å². The second-order valence-corrected chi connectivity index (χ2v) is 8.10. The Bertz CT molecular complexity index is 983. The monoisotopic (exact) mass is 426 g/mol. The van der Waals surface area contributed by atoms with E-state index in [1.165, 1.54) is 11.1 Å². The standard InChI is InChI=1S/C22H23ClN4OS/c1-4-13-27-20(16(3)24-21(28)18-9-11-19(23)12-10-18)25-26-22(27)29-14-17-7-5-15(2)6-8-17/h4-12,16H,1,13-14H2,2-3H3,(H,24,28)/t16-/m0/s1. The lowest BCUT2D eigenvalue weighted by atomic mass is 10.2. The smallest absolute Gasteiger partial charge is 0.251 e. The Morgan fingerprint density at radius 1 is 1.21 bits per heavy atom. The molecule has 1 amide bonds.